The van der Waals surface area contributed by atoms with Crippen molar-refractivity contribution >= 4 is 29.3 Å². The lowest BCUT2D eigenvalue weighted by Crippen LogP contribution is -2.14. The number of hydrogen-bond acceptors (Lipinski definition) is 4. The minimum Gasteiger partial charge on any atom is -0.472 e. The Morgan fingerprint density at radius 3 is 2.74 bits per heavy atom. The van der Waals surface area contributed by atoms with Crippen LogP contribution in [0.5, 0.6) is 0 Å². The summed E-state index contributed by atoms with van der Waals surface area (Å²) in [5, 5.41) is 2.76. The fourth-order valence-electron chi connectivity index (χ4n) is 1.43. The number of carbonyl (C=O) groups is 2. The largest absolute Gasteiger partial charge is 0.472 e. The molecule has 1 aromatic carbocycles. The van der Waals surface area contributed by atoms with Crippen LogP contribution in [0.1, 0.15) is 10.4 Å². The fraction of sp³-hybridized carbons (Fsp3) is 0.0769. The van der Waals surface area contributed by atoms with Crippen molar-refractivity contribution in [1.29, 1.82) is 0 Å². The molecular formula is C13H12N2O3S. The average Bonchev–Trinajstić information content (AvgIpc) is 2.91. The van der Waals surface area contributed by atoms with E-state index in [2.05, 4.69) is 5.32 Å². The number of furan rings is 1. The van der Waals surface area contributed by atoms with Gasteiger partial charge >= 0.3 is 0 Å². The van der Waals surface area contributed by atoms with Crippen LogP contribution in [0, 0.1) is 0 Å². The van der Waals surface area contributed by atoms with E-state index in [0.717, 1.165) is 4.90 Å². The number of amides is 2. The molecule has 5 nitrogen and oxygen atoms in total. The molecule has 2 rings (SSSR count). The second-order valence-electron chi connectivity index (χ2n) is 3.72. The van der Waals surface area contributed by atoms with Crippen molar-refractivity contribution in [2.75, 3.05) is 11.1 Å². The van der Waals surface area contributed by atoms with Gasteiger partial charge in [0.15, 0.2) is 0 Å². The van der Waals surface area contributed by atoms with Crippen LogP contribution in [-0.4, -0.2) is 17.6 Å². The van der Waals surface area contributed by atoms with Crippen molar-refractivity contribution < 1.29 is 14.0 Å². The molecule has 2 aromatic rings. The van der Waals surface area contributed by atoms with Crippen molar-refractivity contribution in [3.63, 3.8) is 0 Å². The Morgan fingerprint density at radius 1 is 1.26 bits per heavy atom. The van der Waals surface area contributed by atoms with E-state index in [1.165, 1.54) is 24.3 Å². The highest BCUT2D eigenvalue weighted by Crippen LogP contribution is 2.27. The molecule has 6 heteroatoms. The van der Waals surface area contributed by atoms with E-state index < -0.39 is 5.91 Å². The van der Waals surface area contributed by atoms with Gasteiger partial charge in [-0.2, -0.15) is 0 Å². The third-order valence-corrected chi connectivity index (χ3v) is 3.38. The van der Waals surface area contributed by atoms with Gasteiger partial charge in [0.25, 0.3) is 5.91 Å². The molecule has 0 saturated carbocycles. The van der Waals surface area contributed by atoms with Crippen LogP contribution >= 0.6 is 11.8 Å². The Kier molecular flexibility index (Phi) is 4.25. The van der Waals surface area contributed by atoms with E-state index in [1.54, 1.807) is 18.2 Å². The predicted octanol–water partition coefficient (Wildman–Crippen LogP) is 2.11. The summed E-state index contributed by atoms with van der Waals surface area (Å²) >= 11 is 1.28. The number of anilines is 1. The fourth-order valence-corrected chi connectivity index (χ4v) is 2.18. The minimum absolute atomic E-state index is 0.165. The van der Waals surface area contributed by atoms with Crippen LogP contribution < -0.4 is 11.1 Å². The van der Waals surface area contributed by atoms with E-state index in [9.17, 15) is 9.59 Å². The first-order chi connectivity index (χ1) is 9.16. The van der Waals surface area contributed by atoms with Gasteiger partial charge in [-0.05, 0) is 18.2 Å². The molecule has 0 atom stereocenters. The molecule has 0 fully saturated rings. The zero-order valence-corrected chi connectivity index (χ0v) is 10.8. The molecule has 0 unspecified atom stereocenters. The third kappa shape index (κ3) is 3.62. The Bertz CT molecular complexity index is 581. The summed E-state index contributed by atoms with van der Waals surface area (Å²) in [5.41, 5.74) is 6.19. The molecule has 0 spiro atoms. The molecule has 2 amide bonds. The van der Waals surface area contributed by atoms with Crippen LogP contribution in [0.2, 0.25) is 0 Å². The van der Waals surface area contributed by atoms with Crippen LogP contribution in [0.4, 0.5) is 5.69 Å². The molecule has 19 heavy (non-hydrogen) atoms. The molecule has 0 saturated heterocycles. The molecule has 0 radical (unpaired) electrons. The average molecular weight is 276 g/mol. The quantitative estimate of drug-likeness (QED) is 0.819. The van der Waals surface area contributed by atoms with Crippen LogP contribution in [0.15, 0.2) is 52.2 Å². The number of thioether (sulfide) groups is 1. The summed E-state index contributed by atoms with van der Waals surface area (Å²) in [6, 6.07) is 8.80. The second-order valence-corrected chi connectivity index (χ2v) is 4.73. The van der Waals surface area contributed by atoms with E-state index in [-0.39, 0.29) is 11.7 Å². The Morgan fingerprint density at radius 2 is 2.05 bits per heavy atom. The number of hydrogen-bond donors (Lipinski definition) is 2. The smallest absolute Gasteiger partial charge is 0.258 e. The summed E-state index contributed by atoms with van der Waals surface area (Å²) in [5.74, 6) is -0.500. The molecule has 3 N–H and O–H groups in total. The monoisotopic (exact) mass is 276 g/mol. The molecule has 0 aliphatic rings. The SMILES string of the molecule is NC(=O)CSc1ccccc1NC(=O)c1ccoc1. The number of nitrogens with two attached hydrogens (primary N) is 1. The van der Waals surface area contributed by atoms with E-state index in [4.69, 9.17) is 10.2 Å². The van der Waals surface area contributed by atoms with Gasteiger partial charge < -0.3 is 15.5 Å². The molecule has 0 aliphatic carbocycles. The van der Waals surface area contributed by atoms with Crippen LogP contribution in [0.3, 0.4) is 0 Å². The van der Waals surface area contributed by atoms with Gasteiger partial charge in [0, 0.05) is 4.90 Å². The molecule has 1 aromatic heterocycles. The predicted molar refractivity (Wildman–Crippen MR) is 73.0 cm³/mol. The zero-order valence-electron chi connectivity index (χ0n) is 9.96. The standard InChI is InChI=1S/C13H12N2O3S/c14-12(16)8-19-11-4-2-1-3-10(11)15-13(17)9-5-6-18-7-9/h1-7H,8H2,(H2,14,16)(H,15,17). The first-order valence-corrected chi connectivity index (χ1v) is 6.49. The molecule has 0 bridgehead atoms. The van der Waals surface area contributed by atoms with Gasteiger partial charge in [-0.25, -0.2) is 0 Å². The minimum atomic E-state index is -0.402. The molecular weight excluding hydrogens is 264 g/mol. The highest BCUT2D eigenvalue weighted by molar-refractivity contribution is 8.00. The number of para-hydroxylation sites is 1. The Hall–Kier alpha value is -2.21. The molecule has 0 aliphatic heterocycles. The Labute approximate surface area is 114 Å². The highest BCUT2D eigenvalue weighted by Gasteiger charge is 2.10. The van der Waals surface area contributed by atoms with E-state index in [1.807, 2.05) is 12.1 Å². The number of carbonyl (C=O) groups excluding carboxylic acids is 2. The van der Waals surface area contributed by atoms with Crippen molar-refractivity contribution in [3.05, 3.63) is 48.4 Å². The van der Waals surface area contributed by atoms with Crippen molar-refractivity contribution in [3.8, 4) is 0 Å². The van der Waals surface area contributed by atoms with Gasteiger partial charge in [0.1, 0.15) is 6.26 Å². The summed E-state index contributed by atoms with van der Waals surface area (Å²) in [7, 11) is 0. The number of nitrogens with one attached hydrogen (secondary N) is 1. The molecule has 1 heterocycles. The Balaban J connectivity index is 2.11. The van der Waals surface area contributed by atoms with Crippen LogP contribution in [-0.2, 0) is 4.79 Å². The number of rotatable bonds is 5. The van der Waals surface area contributed by atoms with Crippen molar-refractivity contribution in [2.24, 2.45) is 5.73 Å². The maximum absolute atomic E-state index is 11.9. The topological polar surface area (TPSA) is 85.3 Å². The summed E-state index contributed by atoms with van der Waals surface area (Å²) < 4.78 is 4.86. The first kappa shape index (κ1) is 13.2. The lowest BCUT2D eigenvalue weighted by atomic mass is 10.3. The van der Waals surface area contributed by atoms with E-state index >= 15 is 0 Å². The highest BCUT2D eigenvalue weighted by atomic mass is 32.2. The summed E-state index contributed by atoms with van der Waals surface area (Å²) in [6.07, 6.45) is 2.80. The maximum Gasteiger partial charge on any atom is 0.258 e. The maximum atomic E-state index is 11.9. The second kappa shape index (κ2) is 6.10. The zero-order chi connectivity index (χ0) is 13.7. The summed E-state index contributed by atoms with van der Waals surface area (Å²) in [6.45, 7) is 0. The lowest BCUT2D eigenvalue weighted by molar-refractivity contribution is -0.115. The van der Waals surface area contributed by atoms with Gasteiger partial charge in [0.2, 0.25) is 5.91 Å². The third-order valence-electron chi connectivity index (χ3n) is 2.29. The number of primary amides is 1. The van der Waals surface area contributed by atoms with Gasteiger partial charge in [0.05, 0.1) is 23.3 Å². The molecule has 98 valence electrons. The van der Waals surface area contributed by atoms with E-state index in [0.29, 0.717) is 11.3 Å². The van der Waals surface area contributed by atoms with Gasteiger partial charge in [-0.3, -0.25) is 9.59 Å². The van der Waals surface area contributed by atoms with Gasteiger partial charge in [-0.15, -0.1) is 11.8 Å². The first-order valence-electron chi connectivity index (χ1n) is 5.50. The summed E-state index contributed by atoms with van der Waals surface area (Å²) in [4.78, 5) is 23.5. The van der Waals surface area contributed by atoms with Crippen molar-refractivity contribution in [1.82, 2.24) is 0 Å². The number of benzene rings is 1. The van der Waals surface area contributed by atoms with Crippen LogP contribution in [0.25, 0.3) is 0 Å². The van der Waals surface area contributed by atoms with Crippen molar-refractivity contribution in [2.45, 2.75) is 4.90 Å². The lowest BCUT2D eigenvalue weighted by Gasteiger charge is -2.09. The normalized spacial score (nSPS) is 10.1. The van der Waals surface area contributed by atoms with Gasteiger partial charge in [-0.1, -0.05) is 12.1 Å².